The quantitative estimate of drug-likeness (QED) is 0.602. The van der Waals surface area contributed by atoms with Gasteiger partial charge in [0.1, 0.15) is 5.60 Å². The molecule has 0 amide bonds. The average Bonchev–Trinajstić information content (AvgIpc) is 2.56. The van der Waals surface area contributed by atoms with Gasteiger partial charge in [-0.3, -0.25) is 0 Å². The van der Waals surface area contributed by atoms with Crippen LogP contribution in [0.1, 0.15) is 26.7 Å². The van der Waals surface area contributed by atoms with Crippen LogP contribution in [0.5, 0.6) is 0 Å². The summed E-state index contributed by atoms with van der Waals surface area (Å²) in [5.74, 6) is 1.22. The lowest BCUT2D eigenvalue weighted by atomic mass is 9.82. The van der Waals surface area contributed by atoms with Gasteiger partial charge in [0.15, 0.2) is 0 Å². The lowest BCUT2D eigenvalue weighted by Crippen LogP contribution is -2.52. The molecular weight excluding hydrogens is 178 g/mol. The summed E-state index contributed by atoms with van der Waals surface area (Å²) in [6.07, 6.45) is 0.945. The number of aliphatic hydroxyl groups excluding tert-OH is 1. The van der Waals surface area contributed by atoms with Crippen molar-refractivity contribution in [2.24, 2.45) is 17.3 Å². The SMILES string of the molecule is CNCC1(O)CC2C(CC1O)C2(C)C. The van der Waals surface area contributed by atoms with Crippen LogP contribution in [-0.2, 0) is 0 Å². The van der Waals surface area contributed by atoms with Crippen molar-refractivity contribution < 1.29 is 10.2 Å². The van der Waals surface area contributed by atoms with Crippen LogP contribution in [0.15, 0.2) is 0 Å². The van der Waals surface area contributed by atoms with Crippen molar-refractivity contribution >= 4 is 0 Å². The zero-order valence-electron chi connectivity index (χ0n) is 9.25. The van der Waals surface area contributed by atoms with Crippen LogP contribution < -0.4 is 5.32 Å². The Morgan fingerprint density at radius 1 is 1.36 bits per heavy atom. The van der Waals surface area contributed by atoms with E-state index in [2.05, 4.69) is 19.2 Å². The lowest BCUT2D eigenvalue weighted by Gasteiger charge is -2.36. The summed E-state index contributed by atoms with van der Waals surface area (Å²) < 4.78 is 0. The standard InChI is InChI=1S/C11H21NO2/c1-10(2)7-4-9(13)11(14,6-12-3)5-8(7)10/h7-9,12-14H,4-6H2,1-3H3. The molecule has 0 aromatic heterocycles. The van der Waals surface area contributed by atoms with Crippen LogP contribution in [0.25, 0.3) is 0 Å². The minimum Gasteiger partial charge on any atom is -0.390 e. The molecule has 14 heavy (non-hydrogen) atoms. The third-order valence-corrected chi connectivity index (χ3v) is 4.44. The Balaban J connectivity index is 2.09. The summed E-state index contributed by atoms with van der Waals surface area (Å²) >= 11 is 0. The molecule has 0 aliphatic heterocycles. The Morgan fingerprint density at radius 2 is 2.00 bits per heavy atom. The van der Waals surface area contributed by atoms with Crippen molar-refractivity contribution in [1.29, 1.82) is 0 Å². The van der Waals surface area contributed by atoms with Crippen LogP contribution in [0.2, 0.25) is 0 Å². The van der Waals surface area contributed by atoms with E-state index in [1.807, 2.05) is 7.05 Å². The summed E-state index contributed by atoms with van der Waals surface area (Å²) in [5.41, 5.74) is -0.567. The highest BCUT2D eigenvalue weighted by atomic mass is 16.3. The highest BCUT2D eigenvalue weighted by molar-refractivity contribution is 5.14. The summed E-state index contributed by atoms with van der Waals surface area (Å²) in [6, 6.07) is 0. The smallest absolute Gasteiger partial charge is 0.103 e. The fraction of sp³-hybridized carbons (Fsp3) is 1.00. The summed E-state index contributed by atoms with van der Waals surface area (Å²) in [7, 11) is 1.81. The van der Waals surface area contributed by atoms with Gasteiger partial charge in [0.25, 0.3) is 0 Å². The van der Waals surface area contributed by atoms with Crippen molar-refractivity contribution in [2.45, 2.75) is 38.4 Å². The van der Waals surface area contributed by atoms with Gasteiger partial charge in [-0.2, -0.15) is 0 Å². The number of aliphatic hydroxyl groups is 2. The van der Waals surface area contributed by atoms with Crippen molar-refractivity contribution in [3.05, 3.63) is 0 Å². The molecule has 0 saturated heterocycles. The maximum Gasteiger partial charge on any atom is 0.103 e. The molecule has 2 aliphatic carbocycles. The van der Waals surface area contributed by atoms with Crippen molar-refractivity contribution in [3.63, 3.8) is 0 Å². The number of hydrogen-bond acceptors (Lipinski definition) is 3. The molecule has 3 heteroatoms. The Bertz CT molecular complexity index is 241. The zero-order chi connectivity index (χ0) is 10.6. The lowest BCUT2D eigenvalue weighted by molar-refractivity contribution is -0.0992. The van der Waals surface area contributed by atoms with Crippen molar-refractivity contribution in [2.75, 3.05) is 13.6 Å². The minimum absolute atomic E-state index is 0.333. The van der Waals surface area contributed by atoms with E-state index < -0.39 is 11.7 Å². The predicted octanol–water partition coefficient (Wildman–Crippen LogP) is 0.364. The maximum atomic E-state index is 10.3. The molecule has 0 radical (unpaired) electrons. The molecule has 0 aromatic carbocycles. The molecule has 4 unspecified atom stereocenters. The van der Waals surface area contributed by atoms with Crippen LogP contribution in [0.4, 0.5) is 0 Å². The summed E-state index contributed by atoms with van der Waals surface area (Å²) in [6.45, 7) is 4.97. The van der Waals surface area contributed by atoms with Gasteiger partial charge in [0.05, 0.1) is 6.10 Å². The summed E-state index contributed by atoms with van der Waals surface area (Å²) in [4.78, 5) is 0. The van der Waals surface area contributed by atoms with Crippen LogP contribution in [0.3, 0.4) is 0 Å². The monoisotopic (exact) mass is 199 g/mol. The molecule has 0 bridgehead atoms. The predicted molar refractivity (Wildman–Crippen MR) is 54.9 cm³/mol. The van der Waals surface area contributed by atoms with Crippen molar-refractivity contribution in [1.82, 2.24) is 5.32 Å². The number of nitrogens with one attached hydrogen (secondary N) is 1. The second-order valence-electron chi connectivity index (χ2n) is 5.62. The van der Waals surface area contributed by atoms with Gasteiger partial charge in [-0.1, -0.05) is 13.8 Å². The van der Waals surface area contributed by atoms with E-state index in [4.69, 9.17) is 0 Å². The Kier molecular flexibility index (Phi) is 2.18. The Labute approximate surface area is 85.5 Å². The van der Waals surface area contributed by atoms with E-state index in [0.29, 0.717) is 23.8 Å². The van der Waals surface area contributed by atoms with Gasteiger partial charge in [-0.25, -0.2) is 0 Å². The van der Waals surface area contributed by atoms with E-state index in [0.717, 1.165) is 12.8 Å². The second kappa shape index (κ2) is 2.94. The van der Waals surface area contributed by atoms with Crippen LogP contribution in [-0.4, -0.2) is 35.5 Å². The first kappa shape index (κ1) is 10.4. The van der Waals surface area contributed by atoms with E-state index in [1.165, 1.54) is 0 Å². The normalized spacial score (nSPS) is 49.9. The van der Waals surface area contributed by atoms with E-state index >= 15 is 0 Å². The first-order valence-electron chi connectivity index (χ1n) is 5.47. The number of rotatable bonds is 2. The molecule has 2 fully saturated rings. The number of likely N-dealkylation sites (N-methyl/N-ethyl adjacent to an activating group) is 1. The molecule has 0 aromatic rings. The Morgan fingerprint density at radius 3 is 2.57 bits per heavy atom. The largest absolute Gasteiger partial charge is 0.390 e. The fourth-order valence-electron chi connectivity index (χ4n) is 3.20. The van der Waals surface area contributed by atoms with E-state index in [1.54, 1.807) is 0 Å². The topological polar surface area (TPSA) is 52.5 Å². The highest BCUT2D eigenvalue weighted by Crippen LogP contribution is 2.66. The maximum absolute atomic E-state index is 10.3. The third kappa shape index (κ3) is 1.30. The molecule has 3 nitrogen and oxygen atoms in total. The molecule has 0 heterocycles. The van der Waals surface area contributed by atoms with E-state index in [9.17, 15) is 10.2 Å². The average molecular weight is 199 g/mol. The molecule has 3 N–H and O–H groups in total. The van der Waals surface area contributed by atoms with E-state index in [-0.39, 0.29) is 0 Å². The van der Waals surface area contributed by atoms with Crippen LogP contribution in [0, 0.1) is 17.3 Å². The Hall–Kier alpha value is -0.120. The third-order valence-electron chi connectivity index (χ3n) is 4.44. The van der Waals surface area contributed by atoms with Gasteiger partial charge in [0, 0.05) is 6.54 Å². The first-order valence-corrected chi connectivity index (χ1v) is 5.47. The van der Waals surface area contributed by atoms with Gasteiger partial charge in [0.2, 0.25) is 0 Å². The molecule has 2 rings (SSSR count). The molecule has 0 spiro atoms. The van der Waals surface area contributed by atoms with Gasteiger partial charge in [-0.05, 0) is 37.1 Å². The van der Waals surface area contributed by atoms with Gasteiger partial charge < -0.3 is 15.5 Å². The zero-order valence-corrected chi connectivity index (χ0v) is 9.25. The highest BCUT2D eigenvalue weighted by Gasteiger charge is 2.64. The first-order chi connectivity index (χ1) is 6.42. The van der Waals surface area contributed by atoms with Crippen LogP contribution >= 0.6 is 0 Å². The fourth-order valence-corrected chi connectivity index (χ4v) is 3.20. The molecule has 4 atom stereocenters. The molecule has 2 aliphatic rings. The van der Waals surface area contributed by atoms with Gasteiger partial charge >= 0.3 is 0 Å². The molecule has 82 valence electrons. The number of fused-ring (bicyclic) bond motifs is 1. The summed E-state index contributed by atoms with van der Waals surface area (Å²) in [5, 5.41) is 23.1. The van der Waals surface area contributed by atoms with Gasteiger partial charge in [-0.15, -0.1) is 0 Å². The minimum atomic E-state index is -0.899. The molecule has 2 saturated carbocycles. The number of hydrogen-bond donors (Lipinski definition) is 3. The molecular formula is C11H21NO2. The second-order valence-corrected chi connectivity index (χ2v) is 5.62. The van der Waals surface area contributed by atoms with Crippen molar-refractivity contribution in [3.8, 4) is 0 Å².